The van der Waals surface area contributed by atoms with Crippen molar-refractivity contribution in [2.45, 2.75) is 4.90 Å². The number of amides is 1. The first-order valence-electron chi connectivity index (χ1n) is 8.48. The minimum absolute atomic E-state index is 0.0984. The van der Waals surface area contributed by atoms with Gasteiger partial charge in [-0.1, -0.05) is 24.3 Å². The largest absolute Gasteiger partial charge is 0.332 e. The van der Waals surface area contributed by atoms with Crippen LogP contribution in [-0.2, 0) is 10.0 Å². The van der Waals surface area contributed by atoms with Crippen LogP contribution < -0.4 is 10.6 Å². The topological polar surface area (TPSA) is 78.5 Å². The Bertz CT molecular complexity index is 1010. The lowest BCUT2D eigenvalue weighted by Crippen LogP contribution is -2.34. The van der Waals surface area contributed by atoms with E-state index in [1.165, 1.54) is 28.6 Å². The first-order valence-corrected chi connectivity index (χ1v) is 11.1. The Morgan fingerprint density at radius 3 is 2.21 bits per heavy atom. The zero-order chi connectivity index (χ0) is 21.4. The van der Waals surface area contributed by atoms with Crippen molar-refractivity contribution >= 4 is 54.9 Å². The van der Waals surface area contributed by atoms with Crippen LogP contribution in [0.15, 0.2) is 83.2 Å². The number of carbonyl (C=O) groups is 1. The van der Waals surface area contributed by atoms with Gasteiger partial charge in [-0.25, -0.2) is 8.42 Å². The van der Waals surface area contributed by atoms with Crippen LogP contribution in [0.4, 0.5) is 5.69 Å². The summed E-state index contributed by atoms with van der Waals surface area (Å²) in [6.07, 6.45) is 3.03. The molecule has 9 heteroatoms. The molecule has 0 heterocycles. The van der Waals surface area contributed by atoms with Gasteiger partial charge in [0.2, 0.25) is 10.0 Å². The molecule has 0 unspecified atom stereocenters. The zero-order valence-corrected chi connectivity index (χ0v) is 18.7. The first kappa shape index (κ1) is 23.0. The molecule has 0 atom stereocenters. The zero-order valence-electron chi connectivity index (χ0n) is 15.5. The highest BCUT2D eigenvalue weighted by Gasteiger charge is 2.22. The maximum atomic E-state index is 12.7. The lowest BCUT2D eigenvalue weighted by molar-refractivity contribution is 0.0977. The van der Waals surface area contributed by atoms with Gasteiger partial charge in [-0.05, 0) is 64.5 Å². The van der Waals surface area contributed by atoms with Crippen LogP contribution in [0.5, 0.6) is 0 Å². The van der Waals surface area contributed by atoms with E-state index in [-0.39, 0.29) is 29.0 Å². The highest BCUT2D eigenvalue weighted by Crippen LogP contribution is 2.19. The molecule has 0 radical (unpaired) electrons. The predicted molar refractivity (Wildman–Crippen MR) is 123 cm³/mol. The summed E-state index contributed by atoms with van der Waals surface area (Å²) in [4.78, 5) is 12.4. The summed E-state index contributed by atoms with van der Waals surface area (Å²) in [6, 6.07) is 13.1. The monoisotopic (exact) mass is 493 g/mol. The quantitative estimate of drug-likeness (QED) is 0.430. The van der Waals surface area contributed by atoms with Gasteiger partial charge in [-0.15, -0.1) is 13.2 Å². The lowest BCUT2D eigenvalue weighted by atomic mass is 10.2. The predicted octanol–water partition coefficient (Wildman–Crippen LogP) is 3.94. The van der Waals surface area contributed by atoms with E-state index in [2.05, 4.69) is 39.7 Å². The van der Waals surface area contributed by atoms with Crippen LogP contribution in [0.2, 0.25) is 0 Å². The van der Waals surface area contributed by atoms with E-state index in [1.54, 1.807) is 36.4 Å². The Labute approximate surface area is 184 Å². The van der Waals surface area contributed by atoms with Gasteiger partial charge in [-0.3, -0.25) is 10.1 Å². The van der Waals surface area contributed by atoms with Gasteiger partial charge in [0, 0.05) is 23.2 Å². The molecule has 0 saturated heterocycles. The van der Waals surface area contributed by atoms with E-state index in [1.807, 2.05) is 0 Å². The van der Waals surface area contributed by atoms with Crippen molar-refractivity contribution in [3.63, 3.8) is 0 Å². The number of anilines is 1. The fourth-order valence-electron chi connectivity index (χ4n) is 2.40. The molecule has 0 aliphatic rings. The van der Waals surface area contributed by atoms with Gasteiger partial charge in [-0.2, -0.15) is 4.31 Å². The Morgan fingerprint density at radius 2 is 1.66 bits per heavy atom. The van der Waals surface area contributed by atoms with Crippen molar-refractivity contribution in [3.8, 4) is 0 Å². The number of sulfonamides is 1. The molecule has 2 rings (SSSR count). The molecular weight excluding hydrogens is 474 g/mol. The number of nitrogens with one attached hydrogen (secondary N) is 2. The van der Waals surface area contributed by atoms with Crippen molar-refractivity contribution in [1.29, 1.82) is 0 Å². The second kappa shape index (κ2) is 10.4. The van der Waals surface area contributed by atoms with Gasteiger partial charge in [0.25, 0.3) is 5.91 Å². The second-order valence-corrected chi connectivity index (χ2v) is 9.01. The highest BCUT2D eigenvalue weighted by molar-refractivity contribution is 9.10. The van der Waals surface area contributed by atoms with E-state index >= 15 is 0 Å². The summed E-state index contributed by atoms with van der Waals surface area (Å²) in [5.41, 5.74) is 0.989. The summed E-state index contributed by atoms with van der Waals surface area (Å²) < 4.78 is 27.3. The molecule has 0 saturated carbocycles. The smallest absolute Gasteiger partial charge is 0.258 e. The number of nitrogens with zero attached hydrogens (tertiary/aromatic N) is 1. The van der Waals surface area contributed by atoms with Gasteiger partial charge < -0.3 is 5.32 Å². The van der Waals surface area contributed by atoms with Crippen molar-refractivity contribution < 1.29 is 13.2 Å². The number of rotatable bonds is 8. The minimum atomic E-state index is -3.68. The van der Waals surface area contributed by atoms with Crippen molar-refractivity contribution in [2.75, 3.05) is 18.4 Å². The number of halogens is 1. The van der Waals surface area contributed by atoms with Crippen LogP contribution in [0.25, 0.3) is 0 Å². The Kier molecular flexibility index (Phi) is 8.27. The van der Waals surface area contributed by atoms with Crippen LogP contribution in [-0.4, -0.2) is 36.8 Å². The molecule has 2 N–H and O–H groups in total. The van der Waals surface area contributed by atoms with E-state index in [0.717, 1.165) is 0 Å². The average molecular weight is 494 g/mol. The molecule has 2 aromatic carbocycles. The summed E-state index contributed by atoms with van der Waals surface area (Å²) in [5.74, 6) is -0.362. The molecule has 0 aliphatic heterocycles. The molecule has 2 aromatic rings. The molecular formula is C20H20BrN3O3S2. The molecule has 6 nitrogen and oxygen atoms in total. The van der Waals surface area contributed by atoms with Gasteiger partial charge in [0.15, 0.2) is 5.11 Å². The Morgan fingerprint density at radius 1 is 1.07 bits per heavy atom. The molecule has 0 fully saturated rings. The van der Waals surface area contributed by atoms with Crippen molar-refractivity contribution in [1.82, 2.24) is 9.62 Å². The maximum Gasteiger partial charge on any atom is 0.258 e. The SMILES string of the molecule is C=CCN(CC=C)S(=O)(=O)c1ccc(NC(=S)NC(=O)c2ccccc2Br)cc1. The van der Waals surface area contributed by atoms with E-state index < -0.39 is 10.0 Å². The second-order valence-electron chi connectivity index (χ2n) is 5.81. The van der Waals surface area contributed by atoms with Gasteiger partial charge in [0.05, 0.1) is 10.5 Å². The standard InChI is InChI=1S/C20H20BrN3O3S2/c1-3-13-24(14-4-2)29(26,27)16-11-9-15(10-12-16)22-20(28)23-19(25)17-7-5-6-8-18(17)21/h3-12H,1-2,13-14H2,(H2,22,23,25,28). The summed E-state index contributed by atoms with van der Waals surface area (Å²) in [6.45, 7) is 7.53. The van der Waals surface area contributed by atoms with Crippen molar-refractivity contribution in [3.05, 3.63) is 83.9 Å². The number of hydrogen-bond acceptors (Lipinski definition) is 4. The fourth-order valence-corrected chi connectivity index (χ4v) is 4.45. The number of thiocarbonyl (C=S) groups is 1. The minimum Gasteiger partial charge on any atom is -0.332 e. The molecule has 0 bridgehead atoms. The lowest BCUT2D eigenvalue weighted by Gasteiger charge is -2.19. The number of hydrogen-bond donors (Lipinski definition) is 2. The number of benzene rings is 2. The molecule has 0 aliphatic carbocycles. The molecule has 1 amide bonds. The third-order valence-corrected chi connectivity index (χ3v) is 6.50. The van der Waals surface area contributed by atoms with Gasteiger partial charge >= 0.3 is 0 Å². The third-order valence-electron chi connectivity index (χ3n) is 3.76. The van der Waals surface area contributed by atoms with E-state index in [4.69, 9.17) is 12.2 Å². The molecule has 0 aromatic heterocycles. The maximum absolute atomic E-state index is 12.7. The molecule has 0 spiro atoms. The van der Waals surface area contributed by atoms with Crippen LogP contribution in [0.1, 0.15) is 10.4 Å². The van der Waals surface area contributed by atoms with E-state index in [9.17, 15) is 13.2 Å². The van der Waals surface area contributed by atoms with E-state index in [0.29, 0.717) is 15.7 Å². The van der Waals surface area contributed by atoms with Crippen LogP contribution >= 0.6 is 28.1 Å². The normalized spacial score (nSPS) is 11.0. The molecule has 152 valence electrons. The molecule has 29 heavy (non-hydrogen) atoms. The first-order chi connectivity index (χ1) is 13.8. The highest BCUT2D eigenvalue weighted by atomic mass is 79.9. The summed E-state index contributed by atoms with van der Waals surface area (Å²) in [7, 11) is -3.68. The van der Waals surface area contributed by atoms with Crippen molar-refractivity contribution in [2.24, 2.45) is 0 Å². The third kappa shape index (κ3) is 6.07. The fraction of sp³-hybridized carbons (Fsp3) is 0.100. The Balaban J connectivity index is 2.07. The summed E-state index contributed by atoms with van der Waals surface area (Å²) >= 11 is 8.48. The number of carbonyl (C=O) groups excluding carboxylic acids is 1. The van der Waals surface area contributed by atoms with Gasteiger partial charge in [0.1, 0.15) is 0 Å². The van der Waals surface area contributed by atoms with Crippen LogP contribution in [0, 0.1) is 0 Å². The van der Waals surface area contributed by atoms with Crippen LogP contribution in [0.3, 0.4) is 0 Å². The Hall–Kier alpha value is -2.33. The average Bonchev–Trinajstić information content (AvgIpc) is 2.68. The summed E-state index contributed by atoms with van der Waals surface area (Å²) in [5, 5.41) is 5.55.